The SMILES string of the molecule is C=CCN(C(=O)C1N(CCCCO)C(=O)[C@@H]2[C@H](C(=O)O)[C@]3(C)CCC12S3)c1ccc(OC)cc1. The number of carbonyl (C=O) groups excluding carboxylic acids is 2. The average molecular weight is 489 g/mol. The number of carboxylic acid groups (broad SMARTS) is 1. The summed E-state index contributed by atoms with van der Waals surface area (Å²) in [6, 6.07) is 6.36. The van der Waals surface area contributed by atoms with Gasteiger partial charge in [-0.25, -0.2) is 0 Å². The number of aliphatic hydroxyl groups is 1. The lowest BCUT2D eigenvalue weighted by Gasteiger charge is -2.37. The summed E-state index contributed by atoms with van der Waals surface area (Å²) in [5.74, 6) is -2.36. The second-order valence-corrected chi connectivity index (χ2v) is 11.4. The van der Waals surface area contributed by atoms with Crippen molar-refractivity contribution in [2.75, 3.05) is 31.7 Å². The number of fused-ring (bicyclic) bond motifs is 1. The number of unbranched alkanes of at least 4 members (excludes halogenated alkanes) is 1. The molecule has 2 bridgehead atoms. The number of benzene rings is 1. The Bertz CT molecular complexity index is 984. The number of hydrogen-bond acceptors (Lipinski definition) is 6. The van der Waals surface area contributed by atoms with Crippen molar-refractivity contribution in [3.63, 3.8) is 0 Å². The van der Waals surface area contributed by atoms with Gasteiger partial charge in [-0.15, -0.1) is 18.3 Å². The molecule has 1 aromatic carbocycles. The Kier molecular flexibility index (Phi) is 6.70. The van der Waals surface area contributed by atoms with Crippen LogP contribution in [-0.2, 0) is 14.4 Å². The first-order valence-corrected chi connectivity index (χ1v) is 12.5. The molecule has 8 nitrogen and oxygen atoms in total. The molecule has 2 N–H and O–H groups in total. The number of amides is 2. The first-order chi connectivity index (χ1) is 16.2. The number of methoxy groups -OCH3 is 1. The minimum atomic E-state index is -0.976. The highest BCUT2D eigenvalue weighted by Crippen LogP contribution is 2.71. The molecule has 0 radical (unpaired) electrons. The summed E-state index contributed by atoms with van der Waals surface area (Å²) in [4.78, 5) is 43.5. The van der Waals surface area contributed by atoms with Crippen LogP contribution < -0.4 is 9.64 Å². The van der Waals surface area contributed by atoms with Gasteiger partial charge in [0, 0.05) is 30.1 Å². The molecule has 3 aliphatic heterocycles. The summed E-state index contributed by atoms with van der Waals surface area (Å²) in [7, 11) is 1.57. The lowest BCUT2D eigenvalue weighted by Crippen LogP contribution is -2.55. The number of nitrogens with zero attached hydrogens (tertiary/aromatic N) is 2. The fraction of sp³-hybridized carbons (Fsp3) is 0.560. The van der Waals surface area contributed by atoms with Crippen molar-refractivity contribution in [1.29, 1.82) is 0 Å². The normalized spacial score (nSPS) is 31.4. The monoisotopic (exact) mass is 488 g/mol. The number of ether oxygens (including phenoxy) is 1. The van der Waals surface area contributed by atoms with Crippen molar-refractivity contribution in [2.45, 2.75) is 48.1 Å². The molecule has 9 heteroatoms. The largest absolute Gasteiger partial charge is 0.497 e. The van der Waals surface area contributed by atoms with Crippen molar-refractivity contribution in [3.05, 3.63) is 36.9 Å². The number of aliphatic hydroxyl groups excluding tert-OH is 1. The van der Waals surface area contributed by atoms with E-state index in [-0.39, 0.29) is 25.0 Å². The molecule has 1 spiro atoms. The highest BCUT2D eigenvalue weighted by Gasteiger charge is 2.77. The predicted octanol–water partition coefficient (Wildman–Crippen LogP) is 2.55. The summed E-state index contributed by atoms with van der Waals surface area (Å²) in [5, 5.41) is 19.3. The maximum atomic E-state index is 14.2. The Hall–Kier alpha value is -2.52. The van der Waals surface area contributed by atoms with Gasteiger partial charge in [-0.05, 0) is 56.9 Å². The second-order valence-electron chi connectivity index (χ2n) is 9.46. The Morgan fingerprint density at radius 3 is 2.59 bits per heavy atom. The van der Waals surface area contributed by atoms with Crippen molar-refractivity contribution >= 4 is 35.2 Å². The highest BCUT2D eigenvalue weighted by molar-refractivity contribution is 8.02. The van der Waals surface area contributed by atoms with Gasteiger partial charge < -0.3 is 24.7 Å². The molecule has 3 aliphatic rings. The third-order valence-corrected chi connectivity index (χ3v) is 9.53. The fourth-order valence-corrected chi connectivity index (χ4v) is 8.42. The van der Waals surface area contributed by atoms with Crippen LogP contribution in [0, 0.1) is 11.8 Å². The highest BCUT2D eigenvalue weighted by atomic mass is 32.2. The number of rotatable bonds is 10. The van der Waals surface area contributed by atoms with Gasteiger partial charge in [0.25, 0.3) is 5.91 Å². The van der Waals surface area contributed by atoms with E-state index < -0.39 is 33.3 Å². The molecule has 184 valence electrons. The van der Waals surface area contributed by atoms with Gasteiger partial charge >= 0.3 is 5.97 Å². The number of carbonyl (C=O) groups is 3. The van der Waals surface area contributed by atoms with Crippen LogP contribution in [0.3, 0.4) is 0 Å². The Morgan fingerprint density at radius 1 is 1.29 bits per heavy atom. The third-order valence-electron chi connectivity index (χ3n) is 7.55. The fourth-order valence-electron chi connectivity index (χ4n) is 6.08. The quantitative estimate of drug-likeness (QED) is 0.385. The molecule has 3 saturated heterocycles. The van der Waals surface area contributed by atoms with Gasteiger partial charge in [0.1, 0.15) is 11.8 Å². The van der Waals surface area contributed by atoms with Crippen LogP contribution in [-0.4, -0.2) is 75.2 Å². The van der Waals surface area contributed by atoms with Crippen LogP contribution in [0.25, 0.3) is 0 Å². The minimum Gasteiger partial charge on any atom is -0.497 e. The van der Waals surface area contributed by atoms with Crippen molar-refractivity contribution < 1.29 is 29.3 Å². The van der Waals surface area contributed by atoms with Gasteiger partial charge in [-0.3, -0.25) is 14.4 Å². The van der Waals surface area contributed by atoms with Crippen LogP contribution >= 0.6 is 11.8 Å². The molecule has 0 aliphatic carbocycles. The smallest absolute Gasteiger partial charge is 0.308 e. The maximum Gasteiger partial charge on any atom is 0.308 e. The first-order valence-electron chi connectivity index (χ1n) is 11.6. The lowest BCUT2D eigenvalue weighted by molar-refractivity contribution is -0.150. The number of aliphatic carboxylic acids is 1. The third kappa shape index (κ3) is 3.69. The molecule has 0 aromatic heterocycles. The molecule has 0 saturated carbocycles. The minimum absolute atomic E-state index is 0.00573. The van der Waals surface area contributed by atoms with Crippen molar-refractivity contribution in [3.8, 4) is 5.75 Å². The maximum absolute atomic E-state index is 14.2. The molecule has 1 aromatic rings. The van der Waals surface area contributed by atoms with E-state index in [4.69, 9.17) is 4.74 Å². The summed E-state index contributed by atoms with van der Waals surface area (Å²) < 4.78 is 3.88. The molecular weight excluding hydrogens is 456 g/mol. The number of thioether (sulfide) groups is 1. The van der Waals surface area contributed by atoms with E-state index in [0.717, 1.165) is 0 Å². The molecule has 5 atom stereocenters. The molecule has 2 unspecified atom stereocenters. The Morgan fingerprint density at radius 2 is 2.00 bits per heavy atom. The Balaban J connectivity index is 1.76. The number of likely N-dealkylation sites (tertiary alicyclic amines) is 1. The van der Waals surface area contributed by atoms with Crippen molar-refractivity contribution in [1.82, 2.24) is 4.90 Å². The van der Waals surface area contributed by atoms with E-state index in [1.807, 2.05) is 6.92 Å². The van der Waals surface area contributed by atoms with Gasteiger partial charge in [0.2, 0.25) is 5.91 Å². The van der Waals surface area contributed by atoms with Crippen molar-refractivity contribution in [2.24, 2.45) is 11.8 Å². The van der Waals surface area contributed by atoms with Gasteiger partial charge in [-0.2, -0.15) is 0 Å². The van der Waals surface area contributed by atoms with E-state index in [0.29, 0.717) is 43.7 Å². The van der Waals surface area contributed by atoms with E-state index >= 15 is 0 Å². The van der Waals surface area contributed by atoms with Crippen LogP contribution in [0.2, 0.25) is 0 Å². The Labute approximate surface area is 203 Å². The molecule has 2 amide bonds. The molecule has 3 fully saturated rings. The summed E-state index contributed by atoms with van der Waals surface area (Å²) in [6.45, 7) is 6.29. The zero-order valence-electron chi connectivity index (χ0n) is 19.6. The van der Waals surface area contributed by atoms with Gasteiger partial charge in [0.05, 0.1) is 23.7 Å². The molecule has 34 heavy (non-hydrogen) atoms. The summed E-state index contributed by atoms with van der Waals surface area (Å²) >= 11 is 1.52. The standard InChI is InChI=1S/C25H32N2O6S/c1-4-13-26(16-7-9-17(33-3)10-8-16)22(30)20-25-12-11-24(2,34-25)19(23(31)32)18(25)21(29)27(20)14-5-6-15-28/h4,7-10,18-20,28H,1,5-6,11-15H2,2-3H3,(H,31,32)/t18-,19+,20?,24-,25?/m0/s1. The van der Waals surface area contributed by atoms with E-state index in [1.54, 1.807) is 47.3 Å². The second kappa shape index (κ2) is 9.26. The van der Waals surface area contributed by atoms with E-state index in [9.17, 15) is 24.6 Å². The van der Waals surface area contributed by atoms with Gasteiger partial charge in [0.15, 0.2) is 0 Å². The number of anilines is 1. The molecule has 3 heterocycles. The average Bonchev–Trinajstić information content (AvgIpc) is 3.38. The van der Waals surface area contributed by atoms with E-state index in [1.165, 1.54) is 11.8 Å². The number of hydrogen-bond donors (Lipinski definition) is 2. The first kappa shape index (κ1) is 24.6. The number of carboxylic acids is 1. The molecule has 4 rings (SSSR count). The van der Waals surface area contributed by atoms with Crippen LogP contribution in [0.4, 0.5) is 5.69 Å². The predicted molar refractivity (Wildman–Crippen MR) is 130 cm³/mol. The summed E-state index contributed by atoms with van der Waals surface area (Å²) in [5.41, 5.74) is 0.659. The van der Waals surface area contributed by atoms with Crippen LogP contribution in [0.1, 0.15) is 32.6 Å². The topological polar surface area (TPSA) is 107 Å². The zero-order chi connectivity index (χ0) is 24.7. The van der Waals surface area contributed by atoms with Crippen LogP contribution in [0.15, 0.2) is 36.9 Å². The van der Waals surface area contributed by atoms with Crippen LogP contribution in [0.5, 0.6) is 5.75 Å². The summed E-state index contributed by atoms with van der Waals surface area (Å²) in [6.07, 6.45) is 3.95. The van der Waals surface area contributed by atoms with Gasteiger partial charge in [-0.1, -0.05) is 6.08 Å². The van der Waals surface area contributed by atoms with E-state index in [2.05, 4.69) is 6.58 Å². The zero-order valence-corrected chi connectivity index (χ0v) is 20.4. The lowest BCUT2D eigenvalue weighted by atomic mass is 9.66. The molecular formula is C25H32N2O6S.